The van der Waals surface area contributed by atoms with Gasteiger partial charge in [0.25, 0.3) is 0 Å². The molecule has 0 atom stereocenters. The minimum atomic E-state index is -0.651. The van der Waals surface area contributed by atoms with Crippen LogP contribution < -0.4 is 11.1 Å². The number of nitrogens with two attached hydrogens (primary N) is 1. The number of hydrogen-bond acceptors (Lipinski definition) is 3. The smallest absolute Gasteiger partial charge is 0.232 e. The monoisotopic (exact) mass is 326 g/mol. The van der Waals surface area contributed by atoms with Crippen LogP contribution >= 0.6 is 23.2 Å². The van der Waals surface area contributed by atoms with Crippen molar-refractivity contribution in [1.29, 1.82) is 0 Å². The van der Waals surface area contributed by atoms with E-state index in [1.807, 2.05) is 0 Å². The molecule has 2 aromatic rings. The molecule has 0 saturated heterocycles. The number of nitrogens with one attached hydrogen (secondary N) is 1. The molecule has 0 spiro atoms. The maximum Gasteiger partial charge on any atom is 0.232 e. The molecule has 3 N–H and O–H groups in total. The van der Waals surface area contributed by atoms with Gasteiger partial charge in [0.15, 0.2) is 5.82 Å². The number of rotatable bonds is 4. The fourth-order valence-electron chi connectivity index (χ4n) is 1.57. The predicted molar refractivity (Wildman–Crippen MR) is 85.0 cm³/mol. The molecule has 1 heterocycles. The molecule has 0 aliphatic carbocycles. The van der Waals surface area contributed by atoms with E-state index >= 15 is 0 Å². The van der Waals surface area contributed by atoms with Gasteiger partial charge in [-0.2, -0.15) is 5.10 Å². The van der Waals surface area contributed by atoms with E-state index in [0.717, 1.165) is 0 Å². The first-order chi connectivity index (χ1) is 9.83. The average Bonchev–Trinajstić information content (AvgIpc) is 2.86. The molecule has 0 bridgehead atoms. The molecular formula is C14H16Cl2N4O. The first kappa shape index (κ1) is 15.8. The van der Waals surface area contributed by atoms with E-state index in [-0.39, 0.29) is 12.5 Å². The largest absolute Gasteiger partial charge is 0.329 e. The number of carbonyl (C=O) groups excluding carboxylic acids is 1. The third kappa shape index (κ3) is 3.56. The summed E-state index contributed by atoms with van der Waals surface area (Å²) in [6.45, 7) is 3.80. The van der Waals surface area contributed by atoms with Gasteiger partial charge in [0.1, 0.15) is 0 Å². The average molecular weight is 327 g/mol. The summed E-state index contributed by atoms with van der Waals surface area (Å²) in [6, 6.07) is 6.80. The zero-order valence-electron chi connectivity index (χ0n) is 11.7. The summed E-state index contributed by atoms with van der Waals surface area (Å²) in [4.78, 5) is 12.0. The highest BCUT2D eigenvalue weighted by Gasteiger charge is 2.26. The maximum absolute atomic E-state index is 12.0. The zero-order valence-corrected chi connectivity index (χ0v) is 13.2. The van der Waals surface area contributed by atoms with Crippen LogP contribution in [0.5, 0.6) is 0 Å². The Balaban J connectivity index is 2.21. The van der Waals surface area contributed by atoms with E-state index in [4.69, 9.17) is 28.9 Å². The van der Waals surface area contributed by atoms with E-state index in [2.05, 4.69) is 10.4 Å². The topological polar surface area (TPSA) is 72.9 Å². The van der Waals surface area contributed by atoms with E-state index in [9.17, 15) is 4.79 Å². The SMILES string of the molecule is CC(C)(CN)C(=O)Nc1ccn(-c2ccc(Cl)cc2Cl)n1. The summed E-state index contributed by atoms with van der Waals surface area (Å²) in [7, 11) is 0. The highest BCUT2D eigenvalue weighted by molar-refractivity contribution is 6.35. The number of halogens is 2. The quantitative estimate of drug-likeness (QED) is 0.906. The lowest BCUT2D eigenvalue weighted by atomic mass is 9.93. The molecule has 1 aromatic heterocycles. The summed E-state index contributed by atoms with van der Waals surface area (Å²) < 4.78 is 1.57. The van der Waals surface area contributed by atoms with Gasteiger partial charge >= 0.3 is 0 Å². The van der Waals surface area contributed by atoms with E-state index in [1.165, 1.54) is 0 Å². The number of hydrogen-bond donors (Lipinski definition) is 2. The first-order valence-corrected chi connectivity index (χ1v) is 7.12. The predicted octanol–water partition coefficient (Wildman–Crippen LogP) is 3.10. The Morgan fingerprint density at radius 1 is 1.38 bits per heavy atom. The molecule has 0 aliphatic rings. The molecule has 1 amide bonds. The fourth-order valence-corrected chi connectivity index (χ4v) is 2.07. The molecule has 5 nitrogen and oxygen atoms in total. The summed E-state index contributed by atoms with van der Waals surface area (Å²) in [5, 5.41) is 8.04. The van der Waals surface area contributed by atoms with E-state index in [1.54, 1.807) is 49.0 Å². The third-order valence-electron chi connectivity index (χ3n) is 3.11. The van der Waals surface area contributed by atoms with Gasteiger partial charge < -0.3 is 11.1 Å². The van der Waals surface area contributed by atoms with Crippen LogP contribution in [-0.2, 0) is 4.79 Å². The van der Waals surface area contributed by atoms with Gasteiger partial charge in [-0.15, -0.1) is 0 Å². The minimum absolute atomic E-state index is 0.183. The van der Waals surface area contributed by atoms with Crippen molar-refractivity contribution in [3.05, 3.63) is 40.5 Å². The van der Waals surface area contributed by atoms with Crippen LogP contribution in [0.4, 0.5) is 5.82 Å². The van der Waals surface area contributed by atoms with Crippen LogP contribution in [0, 0.1) is 5.41 Å². The summed E-state index contributed by atoms with van der Waals surface area (Å²) in [5.74, 6) is 0.255. The van der Waals surface area contributed by atoms with Gasteiger partial charge in [0.05, 0.1) is 16.1 Å². The normalized spacial score (nSPS) is 11.5. The van der Waals surface area contributed by atoms with Crippen molar-refractivity contribution in [2.75, 3.05) is 11.9 Å². The molecule has 0 aliphatic heterocycles. The second-order valence-corrected chi connectivity index (χ2v) is 6.13. The number of benzene rings is 1. The Morgan fingerprint density at radius 2 is 2.10 bits per heavy atom. The van der Waals surface area contributed by atoms with Gasteiger partial charge in [-0.1, -0.05) is 23.2 Å². The fraction of sp³-hybridized carbons (Fsp3) is 0.286. The van der Waals surface area contributed by atoms with E-state index in [0.29, 0.717) is 21.6 Å². The molecule has 7 heteroatoms. The summed E-state index contributed by atoms with van der Waals surface area (Å²) in [5.41, 5.74) is 5.60. The second kappa shape index (κ2) is 6.05. The van der Waals surface area contributed by atoms with Gasteiger partial charge in [0.2, 0.25) is 5.91 Å². The summed E-state index contributed by atoms with van der Waals surface area (Å²) in [6.07, 6.45) is 1.71. The molecule has 21 heavy (non-hydrogen) atoms. The molecule has 0 unspecified atom stereocenters. The van der Waals surface area contributed by atoms with Gasteiger partial charge in [0, 0.05) is 23.8 Å². The van der Waals surface area contributed by atoms with Crippen molar-refractivity contribution < 1.29 is 4.79 Å². The molecule has 112 valence electrons. The Morgan fingerprint density at radius 3 is 2.71 bits per heavy atom. The standard InChI is InChI=1S/C14H16Cl2N4O/c1-14(2,8-17)13(21)18-12-5-6-20(19-12)11-4-3-9(15)7-10(11)16/h3-7H,8,17H2,1-2H3,(H,18,19,21). The molecule has 0 fully saturated rings. The minimum Gasteiger partial charge on any atom is -0.329 e. The summed E-state index contributed by atoms with van der Waals surface area (Å²) >= 11 is 12.0. The van der Waals surface area contributed by atoms with E-state index < -0.39 is 5.41 Å². The maximum atomic E-state index is 12.0. The van der Waals surface area contributed by atoms with Crippen molar-refractivity contribution in [3.63, 3.8) is 0 Å². The van der Waals surface area contributed by atoms with Crippen molar-refractivity contribution in [2.45, 2.75) is 13.8 Å². The van der Waals surface area contributed by atoms with Crippen LogP contribution in [0.2, 0.25) is 10.0 Å². The number of carbonyl (C=O) groups is 1. The highest BCUT2D eigenvalue weighted by Crippen LogP contribution is 2.24. The van der Waals surface area contributed by atoms with Crippen molar-refractivity contribution >= 4 is 34.9 Å². The van der Waals surface area contributed by atoms with Gasteiger partial charge in [-0.05, 0) is 32.0 Å². The van der Waals surface area contributed by atoms with Crippen LogP contribution in [0.1, 0.15) is 13.8 Å². The lowest BCUT2D eigenvalue weighted by Crippen LogP contribution is -2.37. The highest BCUT2D eigenvalue weighted by atomic mass is 35.5. The van der Waals surface area contributed by atoms with Crippen molar-refractivity contribution in [1.82, 2.24) is 9.78 Å². The second-order valence-electron chi connectivity index (χ2n) is 5.28. The lowest BCUT2D eigenvalue weighted by Gasteiger charge is -2.20. The van der Waals surface area contributed by atoms with Gasteiger partial charge in [-0.25, -0.2) is 4.68 Å². The first-order valence-electron chi connectivity index (χ1n) is 6.36. The Kier molecular flexibility index (Phi) is 4.56. The zero-order chi connectivity index (χ0) is 15.6. The Hall–Kier alpha value is -1.56. The van der Waals surface area contributed by atoms with Crippen LogP contribution in [0.15, 0.2) is 30.5 Å². The van der Waals surface area contributed by atoms with Crippen molar-refractivity contribution in [2.24, 2.45) is 11.1 Å². The number of anilines is 1. The van der Waals surface area contributed by atoms with Crippen molar-refractivity contribution in [3.8, 4) is 5.69 Å². The number of aromatic nitrogens is 2. The van der Waals surface area contributed by atoms with Crippen LogP contribution in [0.25, 0.3) is 5.69 Å². The molecule has 0 saturated carbocycles. The van der Waals surface area contributed by atoms with Crippen LogP contribution in [-0.4, -0.2) is 22.2 Å². The Labute approximate surface area is 133 Å². The number of amides is 1. The third-order valence-corrected chi connectivity index (χ3v) is 3.65. The molecule has 0 radical (unpaired) electrons. The molecular weight excluding hydrogens is 311 g/mol. The molecule has 2 rings (SSSR count). The Bertz CT molecular complexity index is 667. The molecule has 1 aromatic carbocycles. The number of nitrogens with zero attached hydrogens (tertiary/aromatic N) is 2. The lowest BCUT2D eigenvalue weighted by molar-refractivity contribution is -0.123. The van der Waals surface area contributed by atoms with Gasteiger partial charge in [-0.3, -0.25) is 4.79 Å². The van der Waals surface area contributed by atoms with Crippen LogP contribution in [0.3, 0.4) is 0 Å².